The topological polar surface area (TPSA) is 118 Å². The molecule has 0 amide bonds. The quantitative estimate of drug-likeness (QED) is 0.345. The van der Waals surface area contributed by atoms with Crippen molar-refractivity contribution in [2.24, 2.45) is 47.3 Å². The highest BCUT2D eigenvalue weighted by Crippen LogP contribution is 2.49. The van der Waals surface area contributed by atoms with Crippen molar-refractivity contribution in [2.75, 3.05) is 6.61 Å². The Bertz CT molecular complexity index is 718. The monoisotopic (exact) mass is 402 g/mol. The van der Waals surface area contributed by atoms with Gasteiger partial charge < -0.3 is 14.9 Å². The first kappa shape index (κ1) is 19.9. The first-order valence-electron chi connectivity index (χ1n) is 10.4. The number of carboxylic acids is 2. The maximum Gasteiger partial charge on any atom is 0.310 e. The summed E-state index contributed by atoms with van der Waals surface area (Å²) in [5, 5.41) is 18.9. The fraction of sp³-hybridized carbons (Fsp3) is 0.636. The molecule has 0 saturated heterocycles. The van der Waals surface area contributed by atoms with Gasteiger partial charge in [0.15, 0.2) is 0 Å². The molecule has 2 N–H and O–H groups in total. The fourth-order valence-electron chi connectivity index (χ4n) is 5.92. The molecule has 8 unspecified atom stereocenters. The van der Waals surface area contributed by atoms with Crippen molar-refractivity contribution in [3.63, 3.8) is 0 Å². The van der Waals surface area contributed by atoms with Crippen LogP contribution < -0.4 is 0 Å². The summed E-state index contributed by atoms with van der Waals surface area (Å²) in [6.07, 6.45) is 10.4. The number of carboxylic acid groups (broad SMARTS) is 2. The van der Waals surface area contributed by atoms with E-state index in [2.05, 4.69) is 0 Å². The maximum atomic E-state index is 12.6. The second kappa shape index (κ2) is 7.76. The van der Waals surface area contributed by atoms with Gasteiger partial charge in [0.05, 0.1) is 24.4 Å². The molecule has 2 saturated carbocycles. The van der Waals surface area contributed by atoms with E-state index in [9.17, 15) is 29.4 Å². The summed E-state index contributed by atoms with van der Waals surface area (Å²) in [4.78, 5) is 48.0. The molecular weight excluding hydrogens is 376 g/mol. The number of unbranched alkanes of at least 4 members (excludes halogenated alkanes) is 1. The fourth-order valence-corrected chi connectivity index (χ4v) is 5.92. The summed E-state index contributed by atoms with van der Waals surface area (Å²) >= 11 is 0. The number of ketones is 1. The Kier molecular flexibility index (Phi) is 5.32. The standard InChI is InChI=1S/C22H26O7/c23-15(16-11-4-5-12(9-11)17(16)20(24)25)3-1-2-8-29-22(28)19-14-7-6-13(10-14)18(19)21(26)27/h4-7,11-14,16-19H,1-3,8-10H2,(H,24,25)(H,26,27). The van der Waals surface area contributed by atoms with Gasteiger partial charge in [-0.15, -0.1) is 0 Å². The van der Waals surface area contributed by atoms with Crippen LogP contribution in [0.1, 0.15) is 32.1 Å². The molecule has 8 atom stereocenters. The van der Waals surface area contributed by atoms with Crippen LogP contribution in [0.3, 0.4) is 0 Å². The molecule has 0 spiro atoms. The Labute approximate surface area is 168 Å². The van der Waals surface area contributed by atoms with Crippen molar-refractivity contribution in [3.8, 4) is 0 Å². The van der Waals surface area contributed by atoms with E-state index in [0.717, 1.165) is 6.42 Å². The van der Waals surface area contributed by atoms with E-state index in [-0.39, 0.29) is 42.5 Å². The van der Waals surface area contributed by atoms with Gasteiger partial charge in [0.25, 0.3) is 0 Å². The zero-order valence-electron chi connectivity index (χ0n) is 16.1. The molecule has 7 nitrogen and oxygen atoms in total. The highest BCUT2D eigenvalue weighted by atomic mass is 16.5. The van der Waals surface area contributed by atoms with E-state index >= 15 is 0 Å². The molecule has 29 heavy (non-hydrogen) atoms. The second-order valence-electron chi connectivity index (χ2n) is 8.77. The van der Waals surface area contributed by atoms with E-state index in [1.165, 1.54) is 0 Å². The lowest BCUT2D eigenvalue weighted by atomic mass is 9.79. The summed E-state index contributed by atoms with van der Waals surface area (Å²) in [5.41, 5.74) is 0. The molecule has 7 heteroatoms. The van der Waals surface area contributed by atoms with Gasteiger partial charge in [-0.25, -0.2) is 0 Å². The number of carbonyl (C=O) groups is 4. The molecule has 2 fully saturated rings. The zero-order valence-corrected chi connectivity index (χ0v) is 16.1. The Morgan fingerprint density at radius 3 is 1.76 bits per heavy atom. The van der Waals surface area contributed by atoms with E-state index in [1.54, 1.807) is 0 Å². The zero-order chi connectivity index (χ0) is 20.7. The maximum absolute atomic E-state index is 12.6. The number of hydrogen-bond donors (Lipinski definition) is 2. The smallest absolute Gasteiger partial charge is 0.310 e. The number of allylic oxidation sites excluding steroid dienone is 4. The van der Waals surface area contributed by atoms with Gasteiger partial charge in [-0.05, 0) is 49.4 Å². The summed E-state index contributed by atoms with van der Waals surface area (Å²) in [5.74, 6) is -4.90. The van der Waals surface area contributed by atoms with Crippen LogP contribution in [0.25, 0.3) is 0 Å². The number of hydrogen-bond acceptors (Lipinski definition) is 5. The molecule has 0 heterocycles. The normalized spacial score (nSPS) is 38.5. The number of carbonyl (C=O) groups excluding carboxylic acids is 2. The first-order valence-corrected chi connectivity index (χ1v) is 10.4. The highest BCUT2D eigenvalue weighted by Gasteiger charge is 2.53. The molecule has 0 aromatic rings. The van der Waals surface area contributed by atoms with Crippen molar-refractivity contribution in [3.05, 3.63) is 24.3 Å². The van der Waals surface area contributed by atoms with Gasteiger partial charge in [-0.1, -0.05) is 24.3 Å². The van der Waals surface area contributed by atoms with Crippen LogP contribution in [-0.2, 0) is 23.9 Å². The molecule has 4 bridgehead atoms. The molecule has 0 aromatic carbocycles. The van der Waals surface area contributed by atoms with Crippen LogP contribution in [-0.4, -0.2) is 40.5 Å². The lowest BCUT2D eigenvalue weighted by molar-refractivity contribution is -0.158. The molecule has 0 aromatic heterocycles. The van der Waals surface area contributed by atoms with Crippen molar-refractivity contribution in [1.29, 1.82) is 0 Å². The third-order valence-corrected chi connectivity index (χ3v) is 7.19. The number of ether oxygens (including phenoxy) is 1. The van der Waals surface area contributed by atoms with Gasteiger partial charge in [0.1, 0.15) is 5.78 Å². The van der Waals surface area contributed by atoms with E-state index in [0.29, 0.717) is 19.3 Å². The minimum Gasteiger partial charge on any atom is -0.481 e. The van der Waals surface area contributed by atoms with Crippen LogP contribution in [0.15, 0.2) is 24.3 Å². The van der Waals surface area contributed by atoms with Crippen LogP contribution >= 0.6 is 0 Å². The predicted molar refractivity (Wildman–Crippen MR) is 101 cm³/mol. The average Bonchev–Trinajstić information content (AvgIpc) is 3.45. The van der Waals surface area contributed by atoms with E-state index in [1.807, 2.05) is 24.3 Å². The Hall–Kier alpha value is -2.44. The number of rotatable bonds is 9. The lowest BCUT2D eigenvalue weighted by Crippen LogP contribution is -2.34. The molecule has 4 aliphatic rings. The number of aliphatic carboxylic acids is 2. The molecular formula is C22H26O7. The van der Waals surface area contributed by atoms with Crippen molar-refractivity contribution >= 4 is 23.7 Å². The third kappa shape index (κ3) is 3.51. The molecule has 156 valence electrons. The van der Waals surface area contributed by atoms with Gasteiger partial charge >= 0.3 is 17.9 Å². The molecule has 0 radical (unpaired) electrons. The van der Waals surface area contributed by atoms with Crippen LogP contribution in [0.2, 0.25) is 0 Å². The summed E-state index contributed by atoms with van der Waals surface area (Å²) in [7, 11) is 0. The largest absolute Gasteiger partial charge is 0.481 e. The Morgan fingerprint density at radius 2 is 1.21 bits per heavy atom. The van der Waals surface area contributed by atoms with Crippen molar-refractivity contribution in [2.45, 2.75) is 32.1 Å². The van der Waals surface area contributed by atoms with Gasteiger partial charge in [0, 0.05) is 12.3 Å². The Morgan fingerprint density at radius 1 is 0.724 bits per heavy atom. The first-order chi connectivity index (χ1) is 13.9. The minimum absolute atomic E-state index is 0.0234. The number of Topliss-reactive ketones (excluding diaryl/α,β-unsaturated/α-hetero) is 1. The minimum atomic E-state index is -0.956. The van der Waals surface area contributed by atoms with Crippen LogP contribution in [0.5, 0.6) is 0 Å². The van der Waals surface area contributed by atoms with Gasteiger partial charge in [-0.3, -0.25) is 19.2 Å². The van der Waals surface area contributed by atoms with E-state index in [4.69, 9.17) is 4.74 Å². The molecule has 4 aliphatic carbocycles. The van der Waals surface area contributed by atoms with Crippen molar-refractivity contribution < 1.29 is 34.1 Å². The van der Waals surface area contributed by atoms with Gasteiger partial charge in [-0.2, -0.15) is 0 Å². The third-order valence-electron chi connectivity index (χ3n) is 7.19. The summed E-state index contributed by atoms with van der Waals surface area (Å²) in [6.45, 7) is 0.148. The second-order valence-corrected chi connectivity index (χ2v) is 8.77. The van der Waals surface area contributed by atoms with Crippen LogP contribution in [0, 0.1) is 47.3 Å². The van der Waals surface area contributed by atoms with Crippen LogP contribution in [0.4, 0.5) is 0 Å². The number of fused-ring (bicyclic) bond motifs is 4. The summed E-state index contributed by atoms with van der Waals surface area (Å²) < 4.78 is 5.32. The number of esters is 1. The highest BCUT2D eigenvalue weighted by molar-refractivity contribution is 5.88. The molecule has 4 rings (SSSR count). The SMILES string of the molecule is O=C(O)C1C2C=CC(C2)C1C(=O)CCCCOC(=O)C1C2C=CC(C2)C1C(=O)O. The van der Waals surface area contributed by atoms with Crippen molar-refractivity contribution in [1.82, 2.24) is 0 Å². The Balaban J connectivity index is 1.21. The van der Waals surface area contributed by atoms with Gasteiger partial charge in [0.2, 0.25) is 0 Å². The molecule has 0 aliphatic heterocycles. The lowest BCUT2D eigenvalue weighted by Gasteiger charge is -2.24. The summed E-state index contributed by atoms with van der Waals surface area (Å²) in [6, 6.07) is 0. The van der Waals surface area contributed by atoms with E-state index < -0.39 is 41.6 Å². The predicted octanol–water partition coefficient (Wildman–Crippen LogP) is 2.31. The average molecular weight is 402 g/mol.